The van der Waals surface area contributed by atoms with Crippen LogP contribution in [0.1, 0.15) is 79.0 Å². The zero-order valence-corrected chi connectivity index (χ0v) is 41.1. The average Bonchev–Trinajstić information content (AvgIpc) is 3.82. The largest absolute Gasteiger partial charge is 0.509 e. The molecule has 0 bridgehead atoms. The van der Waals surface area contributed by atoms with Crippen LogP contribution in [0.3, 0.4) is 0 Å². The fraction of sp³-hybridized carbons (Fsp3) is 0.241. The van der Waals surface area contributed by atoms with Gasteiger partial charge >= 0.3 is 0 Å². The maximum absolute atomic E-state index is 6.96. The van der Waals surface area contributed by atoms with Gasteiger partial charge in [-0.25, -0.2) is 4.98 Å². The Kier molecular flexibility index (Phi) is 11.8. The van der Waals surface area contributed by atoms with Crippen LogP contribution in [-0.4, -0.2) is 9.55 Å². The molecule has 3 heterocycles. The number of anilines is 2. The Morgan fingerprint density at radius 1 is 0.547 bits per heavy atom. The van der Waals surface area contributed by atoms with Crippen molar-refractivity contribution in [3.63, 3.8) is 0 Å². The van der Waals surface area contributed by atoms with Crippen LogP contribution in [0.5, 0.6) is 11.5 Å². The second kappa shape index (κ2) is 16.9. The second-order valence-corrected chi connectivity index (χ2v) is 20.0. The smallest absolute Gasteiger partial charge is 0.135 e. The second-order valence-electron chi connectivity index (χ2n) is 20.0. The molecule has 328 valence electrons. The zero-order chi connectivity index (χ0) is 44.4. The molecule has 0 amide bonds. The van der Waals surface area contributed by atoms with E-state index in [0.717, 1.165) is 44.6 Å². The van der Waals surface area contributed by atoms with Gasteiger partial charge in [0.25, 0.3) is 0 Å². The van der Waals surface area contributed by atoms with E-state index in [2.05, 4.69) is 237 Å². The summed E-state index contributed by atoms with van der Waals surface area (Å²) in [4.78, 5) is 9.62. The van der Waals surface area contributed by atoms with Crippen molar-refractivity contribution >= 4 is 33.2 Å². The number of rotatable bonds is 7. The van der Waals surface area contributed by atoms with E-state index in [1.807, 2.05) is 12.3 Å². The number of fused-ring (bicyclic) bond motifs is 3. The van der Waals surface area contributed by atoms with Crippen LogP contribution in [0.15, 0.2) is 151 Å². The summed E-state index contributed by atoms with van der Waals surface area (Å²) >= 11 is 0. The Balaban J connectivity index is 0.00000560. The number of ether oxygens (including phenoxy) is 1. The molecule has 0 radical (unpaired) electrons. The van der Waals surface area contributed by atoms with Gasteiger partial charge in [-0.05, 0) is 88.4 Å². The number of benzene rings is 6. The summed E-state index contributed by atoms with van der Waals surface area (Å²) in [5, 5.41) is 2.23. The van der Waals surface area contributed by atoms with Gasteiger partial charge < -0.3 is 19.1 Å². The molecule has 64 heavy (non-hydrogen) atoms. The molecule has 0 aliphatic carbocycles. The monoisotopic (exact) mass is 1020 g/mol. The van der Waals surface area contributed by atoms with E-state index in [-0.39, 0.29) is 37.3 Å². The van der Waals surface area contributed by atoms with Crippen molar-refractivity contribution in [2.24, 2.45) is 10.8 Å². The third-order valence-corrected chi connectivity index (χ3v) is 12.1. The van der Waals surface area contributed by atoms with E-state index in [1.54, 1.807) is 0 Å². The summed E-state index contributed by atoms with van der Waals surface area (Å²) in [6, 6.07) is 54.8. The van der Waals surface area contributed by atoms with E-state index in [1.165, 1.54) is 44.8 Å². The molecule has 0 fully saturated rings. The van der Waals surface area contributed by atoms with Crippen molar-refractivity contribution in [3.05, 3.63) is 187 Å². The third-order valence-electron chi connectivity index (χ3n) is 12.1. The standard InChI is InChI=1S/C58H57N4O.Pt/c1-38-18-17-19-39(2)53(38)42-32-45(61-37-60(54(57(6,7)8)55(61)58(9,10)11)44-26-24-41(25-27-44)40-20-13-12-14-21-40)35-47(33-42)63-46-28-29-49-48-22-15-16-23-50(48)62(51(49)36-46)52-34-43(30-31-59-52)56(3,4)5;/h12-34,37H,1-11H3;/q-3;. The first-order valence-electron chi connectivity index (χ1n) is 22.0. The fourth-order valence-electron chi connectivity index (χ4n) is 9.14. The van der Waals surface area contributed by atoms with E-state index < -0.39 is 0 Å². The summed E-state index contributed by atoms with van der Waals surface area (Å²) in [7, 11) is 0. The Labute approximate surface area is 394 Å². The van der Waals surface area contributed by atoms with Crippen LogP contribution in [0.25, 0.3) is 49.9 Å². The van der Waals surface area contributed by atoms with Crippen molar-refractivity contribution < 1.29 is 25.8 Å². The number of allylic oxidation sites excluding steroid dienone is 2. The van der Waals surface area contributed by atoms with Crippen molar-refractivity contribution in [2.45, 2.75) is 81.6 Å². The third kappa shape index (κ3) is 8.43. The minimum absolute atomic E-state index is 0. The number of aromatic nitrogens is 2. The topological polar surface area (TPSA) is 33.5 Å². The molecular formula is C58H57N4OPt-3. The van der Waals surface area contributed by atoms with Gasteiger partial charge in [0.15, 0.2) is 0 Å². The van der Waals surface area contributed by atoms with Crippen molar-refractivity contribution in [1.82, 2.24) is 9.55 Å². The molecule has 0 atom stereocenters. The van der Waals surface area contributed by atoms with Gasteiger partial charge in [-0.2, -0.15) is 6.07 Å². The predicted octanol–water partition coefficient (Wildman–Crippen LogP) is 15.6. The fourth-order valence-corrected chi connectivity index (χ4v) is 9.14. The molecule has 6 heteroatoms. The van der Waals surface area contributed by atoms with Crippen molar-refractivity contribution in [1.29, 1.82) is 0 Å². The molecule has 2 aromatic heterocycles. The van der Waals surface area contributed by atoms with Gasteiger partial charge in [0.1, 0.15) is 5.82 Å². The molecule has 0 saturated carbocycles. The number of pyridine rings is 1. The molecule has 0 spiro atoms. The first-order valence-corrected chi connectivity index (χ1v) is 22.0. The Hall–Kier alpha value is -5.90. The summed E-state index contributed by atoms with van der Waals surface area (Å²) in [5.74, 6) is 2.07. The number of nitrogens with zero attached hydrogens (tertiary/aromatic N) is 4. The molecule has 6 aromatic carbocycles. The molecule has 1 aliphatic rings. The maximum Gasteiger partial charge on any atom is 0.135 e. The normalized spacial score (nSPS) is 13.5. The zero-order valence-electron chi connectivity index (χ0n) is 38.9. The summed E-state index contributed by atoms with van der Waals surface area (Å²) in [5.41, 5.74) is 14.3. The Morgan fingerprint density at radius 3 is 1.86 bits per heavy atom. The molecule has 8 aromatic rings. The number of para-hydroxylation sites is 1. The quantitative estimate of drug-likeness (QED) is 0.149. The van der Waals surface area contributed by atoms with Crippen LogP contribution in [-0.2, 0) is 26.5 Å². The molecule has 0 saturated heterocycles. The molecule has 0 unspecified atom stereocenters. The minimum atomic E-state index is -0.230. The number of hydrogen-bond donors (Lipinski definition) is 0. The van der Waals surface area contributed by atoms with Crippen LogP contribution >= 0.6 is 0 Å². The van der Waals surface area contributed by atoms with Gasteiger partial charge in [-0.15, -0.1) is 53.6 Å². The first kappa shape index (κ1) is 44.7. The van der Waals surface area contributed by atoms with Crippen LogP contribution in [0.2, 0.25) is 0 Å². The SMILES string of the molecule is Cc1cccc(C)c1-c1cc(Oc2[c-]c3c(cc2)c2ccccc2n3-c2cc(C(C)(C)C)ccn2)[c-]c(N2[CH-]N(c3ccc(-c4ccccc4)cc3)C(C(C)(C)C)=C2C(C)(C)C)c1.[Pt]. The summed E-state index contributed by atoms with van der Waals surface area (Å²) in [6.07, 6.45) is 1.91. The van der Waals surface area contributed by atoms with Gasteiger partial charge in [-0.3, -0.25) is 0 Å². The van der Waals surface area contributed by atoms with Crippen molar-refractivity contribution in [2.75, 3.05) is 9.80 Å². The average molecular weight is 1020 g/mol. The minimum Gasteiger partial charge on any atom is -0.509 e. The molecular weight excluding hydrogens is 964 g/mol. The van der Waals surface area contributed by atoms with Gasteiger partial charge in [0, 0.05) is 72.2 Å². The van der Waals surface area contributed by atoms with E-state index >= 15 is 0 Å². The molecule has 5 nitrogen and oxygen atoms in total. The summed E-state index contributed by atoms with van der Waals surface area (Å²) in [6.45, 7) is 27.2. The van der Waals surface area contributed by atoms with Crippen LogP contribution < -0.4 is 14.5 Å². The van der Waals surface area contributed by atoms with E-state index in [4.69, 9.17) is 9.72 Å². The molecule has 1 aliphatic heterocycles. The Morgan fingerprint density at radius 2 is 1.19 bits per heavy atom. The maximum atomic E-state index is 6.96. The molecule has 9 rings (SSSR count). The number of aryl methyl sites for hydroxylation is 2. The van der Waals surface area contributed by atoms with Gasteiger partial charge in [0.2, 0.25) is 0 Å². The van der Waals surface area contributed by atoms with E-state index in [0.29, 0.717) is 11.5 Å². The number of hydrogen-bond acceptors (Lipinski definition) is 4. The Bertz CT molecular complexity index is 3010. The van der Waals surface area contributed by atoms with Crippen LogP contribution in [0, 0.1) is 43.5 Å². The van der Waals surface area contributed by atoms with Crippen molar-refractivity contribution in [3.8, 4) is 39.6 Å². The first-order chi connectivity index (χ1) is 30.0. The van der Waals surface area contributed by atoms with Crippen LogP contribution in [0.4, 0.5) is 11.4 Å². The summed E-state index contributed by atoms with van der Waals surface area (Å²) < 4.78 is 9.17. The molecule has 0 N–H and O–H groups in total. The van der Waals surface area contributed by atoms with E-state index in [9.17, 15) is 0 Å². The van der Waals surface area contributed by atoms with Gasteiger partial charge in [0.05, 0.1) is 0 Å². The van der Waals surface area contributed by atoms with Gasteiger partial charge in [-0.1, -0.05) is 147 Å². The predicted molar refractivity (Wildman–Crippen MR) is 263 cm³/mol.